The number of hydrogen-bond acceptors (Lipinski definition) is 6. The van der Waals surface area contributed by atoms with Gasteiger partial charge in [0.2, 0.25) is 0 Å². The lowest BCUT2D eigenvalue weighted by molar-refractivity contribution is -0.295. The Morgan fingerprint density at radius 3 is 2.00 bits per heavy atom. The van der Waals surface area contributed by atoms with Crippen LogP contribution in [0, 0.1) is 0 Å². The van der Waals surface area contributed by atoms with E-state index in [9.17, 15) is 10.2 Å². The van der Waals surface area contributed by atoms with E-state index in [2.05, 4.69) is 4.74 Å². The molecule has 0 bridgehead atoms. The number of ether oxygens (including phenoxy) is 1. The van der Waals surface area contributed by atoms with Gasteiger partial charge in [-0.3, -0.25) is 0 Å². The van der Waals surface area contributed by atoms with Crippen molar-refractivity contribution >= 4 is 0 Å². The standard InChI is InChI=1S/C7H14O6/c1-2(8)6-4(10)3(9)5(11)7(12)13-6/h2-12H,1H3/t2?,3-,4-,5+,6+,7?/m0/s1. The number of aliphatic hydroxyl groups is 5. The van der Waals surface area contributed by atoms with Gasteiger partial charge in [0.05, 0.1) is 6.10 Å². The summed E-state index contributed by atoms with van der Waals surface area (Å²) in [6.07, 6.45) is -8.18. The molecule has 0 aromatic carbocycles. The van der Waals surface area contributed by atoms with Gasteiger partial charge >= 0.3 is 0 Å². The first-order chi connectivity index (χ1) is 5.95. The second-order valence-electron chi connectivity index (χ2n) is 3.20. The smallest absolute Gasteiger partial charge is 0.184 e. The van der Waals surface area contributed by atoms with Crippen molar-refractivity contribution in [2.75, 3.05) is 0 Å². The van der Waals surface area contributed by atoms with E-state index in [1.165, 1.54) is 6.92 Å². The van der Waals surface area contributed by atoms with Crippen molar-refractivity contribution in [2.45, 2.75) is 43.7 Å². The average Bonchev–Trinajstić information content (AvgIpc) is 2.07. The highest BCUT2D eigenvalue weighted by molar-refractivity contribution is 4.90. The van der Waals surface area contributed by atoms with Gasteiger partial charge in [-0.15, -0.1) is 0 Å². The third kappa shape index (κ3) is 1.98. The van der Waals surface area contributed by atoms with Crippen molar-refractivity contribution in [1.82, 2.24) is 0 Å². The van der Waals surface area contributed by atoms with Gasteiger partial charge in [-0.25, -0.2) is 0 Å². The van der Waals surface area contributed by atoms with E-state index < -0.39 is 36.8 Å². The van der Waals surface area contributed by atoms with Crippen LogP contribution < -0.4 is 0 Å². The molecule has 6 heteroatoms. The monoisotopic (exact) mass is 194 g/mol. The molecule has 0 saturated carbocycles. The Morgan fingerprint density at radius 2 is 1.54 bits per heavy atom. The van der Waals surface area contributed by atoms with Gasteiger partial charge in [-0.05, 0) is 6.92 Å². The Balaban J connectivity index is 2.70. The SMILES string of the molecule is CC(O)[C@H]1OC(O)[C@H](O)[C@@H](O)[C@@H]1O. The normalized spacial score (nSPS) is 48.9. The first-order valence-electron chi connectivity index (χ1n) is 4.01. The van der Waals surface area contributed by atoms with Crippen molar-refractivity contribution in [1.29, 1.82) is 0 Å². The molecule has 0 aromatic heterocycles. The summed E-state index contributed by atoms with van der Waals surface area (Å²) in [5.74, 6) is 0. The Labute approximate surface area is 75.0 Å². The van der Waals surface area contributed by atoms with Crippen LogP contribution in [0.15, 0.2) is 0 Å². The molecule has 0 aliphatic carbocycles. The van der Waals surface area contributed by atoms with Crippen LogP contribution in [0.4, 0.5) is 0 Å². The molecule has 0 amide bonds. The van der Waals surface area contributed by atoms with Gasteiger partial charge in [-0.2, -0.15) is 0 Å². The van der Waals surface area contributed by atoms with E-state index >= 15 is 0 Å². The molecule has 78 valence electrons. The maximum absolute atomic E-state index is 9.29. The third-order valence-corrected chi connectivity index (χ3v) is 2.10. The van der Waals surface area contributed by atoms with Crippen LogP contribution in [0.2, 0.25) is 0 Å². The molecular formula is C7H14O6. The third-order valence-electron chi connectivity index (χ3n) is 2.10. The summed E-state index contributed by atoms with van der Waals surface area (Å²) in [5.41, 5.74) is 0. The van der Waals surface area contributed by atoms with Gasteiger partial charge in [-0.1, -0.05) is 0 Å². The molecule has 5 N–H and O–H groups in total. The lowest BCUT2D eigenvalue weighted by atomic mass is 9.96. The van der Waals surface area contributed by atoms with Crippen molar-refractivity contribution in [3.05, 3.63) is 0 Å². The van der Waals surface area contributed by atoms with Crippen LogP contribution in [-0.2, 0) is 4.74 Å². The molecule has 0 aromatic rings. The summed E-state index contributed by atoms with van der Waals surface area (Å²) in [4.78, 5) is 0. The topological polar surface area (TPSA) is 110 Å². The molecule has 6 atom stereocenters. The molecule has 6 nitrogen and oxygen atoms in total. The first kappa shape index (κ1) is 10.8. The minimum absolute atomic E-state index is 1.04. The van der Waals surface area contributed by atoms with Crippen LogP contribution in [0.25, 0.3) is 0 Å². The fraction of sp³-hybridized carbons (Fsp3) is 1.00. The Morgan fingerprint density at radius 1 is 1.00 bits per heavy atom. The lowest BCUT2D eigenvalue weighted by Crippen LogP contribution is -2.60. The van der Waals surface area contributed by atoms with Crippen LogP contribution >= 0.6 is 0 Å². The molecule has 2 unspecified atom stereocenters. The van der Waals surface area contributed by atoms with E-state index in [4.69, 9.17) is 15.3 Å². The summed E-state index contributed by atoms with van der Waals surface area (Å²) >= 11 is 0. The molecule has 1 rings (SSSR count). The molecule has 13 heavy (non-hydrogen) atoms. The fourth-order valence-electron chi connectivity index (χ4n) is 1.29. The van der Waals surface area contributed by atoms with Crippen LogP contribution in [0.5, 0.6) is 0 Å². The molecule has 0 spiro atoms. The van der Waals surface area contributed by atoms with Gasteiger partial charge < -0.3 is 30.3 Å². The van der Waals surface area contributed by atoms with Crippen molar-refractivity contribution in [3.8, 4) is 0 Å². The van der Waals surface area contributed by atoms with Crippen molar-refractivity contribution in [2.24, 2.45) is 0 Å². The molecule has 0 radical (unpaired) electrons. The van der Waals surface area contributed by atoms with E-state index in [0.717, 1.165) is 0 Å². The van der Waals surface area contributed by atoms with Gasteiger partial charge in [0, 0.05) is 0 Å². The van der Waals surface area contributed by atoms with Gasteiger partial charge in [0.15, 0.2) is 6.29 Å². The van der Waals surface area contributed by atoms with Crippen LogP contribution in [0.3, 0.4) is 0 Å². The second-order valence-corrected chi connectivity index (χ2v) is 3.20. The summed E-state index contributed by atoms with van der Waals surface area (Å²) in [5, 5.41) is 45.6. The highest BCUT2D eigenvalue weighted by Crippen LogP contribution is 2.21. The quantitative estimate of drug-likeness (QED) is 0.308. The lowest BCUT2D eigenvalue weighted by Gasteiger charge is -2.39. The van der Waals surface area contributed by atoms with Crippen molar-refractivity contribution in [3.63, 3.8) is 0 Å². The zero-order valence-electron chi connectivity index (χ0n) is 7.11. The van der Waals surface area contributed by atoms with Gasteiger partial charge in [0.1, 0.15) is 24.4 Å². The first-order valence-corrected chi connectivity index (χ1v) is 4.01. The number of rotatable bonds is 1. The van der Waals surface area contributed by atoms with Crippen LogP contribution in [-0.4, -0.2) is 62.3 Å². The van der Waals surface area contributed by atoms with E-state index in [1.807, 2.05) is 0 Å². The Bertz CT molecular complexity index is 172. The highest BCUT2D eigenvalue weighted by Gasteiger charge is 2.44. The fourth-order valence-corrected chi connectivity index (χ4v) is 1.29. The summed E-state index contributed by atoms with van der Waals surface area (Å²) in [6.45, 7) is 1.35. The van der Waals surface area contributed by atoms with E-state index in [1.54, 1.807) is 0 Å². The predicted octanol–water partition coefficient (Wildman–Crippen LogP) is -2.83. The number of hydrogen-bond donors (Lipinski definition) is 5. The van der Waals surface area contributed by atoms with Crippen molar-refractivity contribution < 1.29 is 30.3 Å². The molecular weight excluding hydrogens is 180 g/mol. The Hall–Kier alpha value is -0.240. The van der Waals surface area contributed by atoms with Gasteiger partial charge in [0.25, 0.3) is 0 Å². The van der Waals surface area contributed by atoms with E-state index in [0.29, 0.717) is 0 Å². The van der Waals surface area contributed by atoms with Crippen LogP contribution in [0.1, 0.15) is 6.92 Å². The molecule has 1 aliphatic heterocycles. The second kappa shape index (κ2) is 3.87. The maximum Gasteiger partial charge on any atom is 0.184 e. The predicted molar refractivity (Wildman–Crippen MR) is 40.6 cm³/mol. The minimum Gasteiger partial charge on any atom is -0.391 e. The number of aliphatic hydroxyl groups excluding tert-OH is 5. The summed E-state index contributed by atoms with van der Waals surface area (Å²) < 4.78 is 4.69. The molecule has 1 aliphatic rings. The average molecular weight is 194 g/mol. The molecule has 1 fully saturated rings. The molecule has 1 heterocycles. The summed E-state index contributed by atoms with van der Waals surface area (Å²) in [7, 11) is 0. The molecule has 1 saturated heterocycles. The Kier molecular flexibility index (Phi) is 3.23. The van der Waals surface area contributed by atoms with E-state index in [-0.39, 0.29) is 0 Å². The maximum atomic E-state index is 9.29. The zero-order chi connectivity index (χ0) is 10.2. The summed E-state index contributed by atoms with van der Waals surface area (Å²) in [6, 6.07) is 0. The minimum atomic E-state index is -1.59. The largest absolute Gasteiger partial charge is 0.391 e. The highest BCUT2D eigenvalue weighted by atomic mass is 16.6. The zero-order valence-corrected chi connectivity index (χ0v) is 7.11.